The summed E-state index contributed by atoms with van der Waals surface area (Å²) in [5.41, 5.74) is 5.05. The topological polar surface area (TPSA) is 64.3 Å². The van der Waals surface area contributed by atoms with Gasteiger partial charge in [-0.1, -0.05) is 20.3 Å². The van der Waals surface area contributed by atoms with Crippen molar-refractivity contribution in [2.75, 3.05) is 19.8 Å². The van der Waals surface area contributed by atoms with Crippen molar-refractivity contribution in [1.29, 1.82) is 0 Å². The third kappa shape index (κ3) is 6.80. The molecule has 0 saturated heterocycles. The normalized spacial score (nSPS) is 14.5. The lowest BCUT2D eigenvalue weighted by Gasteiger charge is -2.21. The van der Waals surface area contributed by atoms with Gasteiger partial charge in [-0.05, 0) is 26.2 Å². The number of rotatable bonds is 9. The Hall–Kier alpha value is -0.610. The van der Waals surface area contributed by atoms with Crippen LogP contribution in [0.25, 0.3) is 0 Å². The lowest BCUT2D eigenvalue weighted by atomic mass is 10.00. The van der Waals surface area contributed by atoms with Gasteiger partial charge in [-0.2, -0.15) is 0 Å². The largest absolute Gasteiger partial charge is 0.381 e. The van der Waals surface area contributed by atoms with Crippen LogP contribution in [-0.2, 0) is 9.53 Å². The van der Waals surface area contributed by atoms with Crippen LogP contribution in [0.15, 0.2) is 0 Å². The lowest BCUT2D eigenvalue weighted by molar-refractivity contribution is -0.125. The zero-order chi connectivity index (χ0) is 12.4. The van der Waals surface area contributed by atoms with Crippen LogP contribution in [0.4, 0.5) is 0 Å². The first kappa shape index (κ1) is 15.4. The molecule has 1 atom stereocenters. The molecule has 3 N–H and O–H groups in total. The number of ether oxygens (including phenoxy) is 1. The summed E-state index contributed by atoms with van der Waals surface area (Å²) in [4.78, 5) is 11.6. The van der Waals surface area contributed by atoms with E-state index in [1.54, 1.807) is 6.92 Å². The van der Waals surface area contributed by atoms with Gasteiger partial charge in [0, 0.05) is 19.8 Å². The predicted octanol–water partition coefficient (Wildman–Crippen LogP) is 1.44. The second-order valence-electron chi connectivity index (χ2n) is 4.35. The average Bonchev–Trinajstić information content (AvgIpc) is 2.27. The van der Waals surface area contributed by atoms with Crippen molar-refractivity contribution in [3.63, 3.8) is 0 Å². The summed E-state index contributed by atoms with van der Waals surface area (Å²) in [6.45, 7) is 7.95. The molecule has 0 aliphatic carbocycles. The van der Waals surface area contributed by atoms with E-state index in [0.29, 0.717) is 19.6 Å². The first-order chi connectivity index (χ1) is 7.54. The Balaban J connectivity index is 3.42. The zero-order valence-corrected chi connectivity index (χ0v) is 10.8. The first-order valence-corrected chi connectivity index (χ1v) is 6.19. The van der Waals surface area contributed by atoms with E-state index >= 15 is 0 Å². The van der Waals surface area contributed by atoms with E-state index in [1.807, 2.05) is 6.92 Å². The lowest BCUT2D eigenvalue weighted by Crippen LogP contribution is -2.51. The minimum Gasteiger partial charge on any atom is -0.381 e. The zero-order valence-electron chi connectivity index (χ0n) is 10.8. The molecule has 0 fully saturated rings. The smallest absolute Gasteiger partial charge is 0.239 e. The molecule has 4 nitrogen and oxygen atoms in total. The molecule has 0 aromatic rings. The highest BCUT2D eigenvalue weighted by Crippen LogP contribution is 2.03. The molecule has 96 valence electrons. The molecule has 0 aliphatic rings. The maximum atomic E-state index is 11.6. The molecule has 1 unspecified atom stereocenters. The Bertz CT molecular complexity index is 193. The van der Waals surface area contributed by atoms with Crippen molar-refractivity contribution in [3.8, 4) is 0 Å². The molecule has 0 saturated carbocycles. The van der Waals surface area contributed by atoms with E-state index in [4.69, 9.17) is 10.5 Å². The van der Waals surface area contributed by atoms with Crippen molar-refractivity contribution < 1.29 is 9.53 Å². The van der Waals surface area contributed by atoms with Gasteiger partial charge < -0.3 is 15.8 Å². The summed E-state index contributed by atoms with van der Waals surface area (Å²) < 4.78 is 5.39. The van der Waals surface area contributed by atoms with Gasteiger partial charge in [0.05, 0.1) is 5.54 Å². The molecule has 1 amide bonds. The Morgan fingerprint density at radius 2 is 1.94 bits per heavy atom. The van der Waals surface area contributed by atoms with Crippen LogP contribution in [0.5, 0.6) is 0 Å². The highest BCUT2D eigenvalue weighted by molar-refractivity contribution is 5.85. The molecule has 0 rings (SSSR count). The molecular formula is C12H26N2O2. The number of unbranched alkanes of at least 4 members (excludes halogenated alkanes) is 1. The number of nitrogens with one attached hydrogen (secondary N) is 1. The Morgan fingerprint density at radius 1 is 1.31 bits per heavy atom. The standard InChI is InChI=1S/C12H26N2O2/c1-4-6-9-16-10-7-8-14-11(15)12(3,13)5-2/h4-10,13H2,1-3H3,(H,14,15). The SMILES string of the molecule is CCCCOCCCNC(=O)C(C)(N)CC. The Morgan fingerprint density at radius 3 is 2.50 bits per heavy atom. The second-order valence-corrected chi connectivity index (χ2v) is 4.35. The summed E-state index contributed by atoms with van der Waals surface area (Å²) in [6, 6.07) is 0. The van der Waals surface area contributed by atoms with Crippen LogP contribution >= 0.6 is 0 Å². The molecule has 0 aromatic heterocycles. The number of hydrogen-bond donors (Lipinski definition) is 2. The summed E-state index contributed by atoms with van der Waals surface area (Å²) >= 11 is 0. The first-order valence-electron chi connectivity index (χ1n) is 6.19. The highest BCUT2D eigenvalue weighted by atomic mass is 16.5. The fourth-order valence-corrected chi connectivity index (χ4v) is 1.09. The summed E-state index contributed by atoms with van der Waals surface area (Å²) in [6.07, 6.45) is 3.74. The van der Waals surface area contributed by atoms with E-state index in [9.17, 15) is 4.79 Å². The third-order valence-electron chi connectivity index (χ3n) is 2.65. The quantitative estimate of drug-likeness (QED) is 0.589. The molecule has 0 aromatic carbocycles. The van der Waals surface area contributed by atoms with Gasteiger partial charge in [0.25, 0.3) is 0 Å². The molecular weight excluding hydrogens is 204 g/mol. The fourth-order valence-electron chi connectivity index (χ4n) is 1.09. The maximum Gasteiger partial charge on any atom is 0.239 e. The van der Waals surface area contributed by atoms with E-state index in [0.717, 1.165) is 25.9 Å². The van der Waals surface area contributed by atoms with Crippen LogP contribution < -0.4 is 11.1 Å². The van der Waals surface area contributed by atoms with Gasteiger partial charge in [0.2, 0.25) is 5.91 Å². The monoisotopic (exact) mass is 230 g/mol. The fraction of sp³-hybridized carbons (Fsp3) is 0.917. The summed E-state index contributed by atoms with van der Waals surface area (Å²) in [5, 5.41) is 2.82. The van der Waals surface area contributed by atoms with Gasteiger partial charge in [0.15, 0.2) is 0 Å². The third-order valence-corrected chi connectivity index (χ3v) is 2.65. The molecule has 0 radical (unpaired) electrons. The minimum atomic E-state index is -0.747. The average molecular weight is 230 g/mol. The van der Waals surface area contributed by atoms with Gasteiger partial charge >= 0.3 is 0 Å². The van der Waals surface area contributed by atoms with E-state index in [1.165, 1.54) is 0 Å². The van der Waals surface area contributed by atoms with Crippen LogP contribution in [0.2, 0.25) is 0 Å². The van der Waals surface area contributed by atoms with Crippen LogP contribution in [0.1, 0.15) is 46.5 Å². The molecule has 0 aliphatic heterocycles. The van der Waals surface area contributed by atoms with E-state index in [2.05, 4.69) is 12.2 Å². The number of hydrogen-bond acceptors (Lipinski definition) is 3. The summed E-state index contributed by atoms with van der Waals surface area (Å²) in [7, 11) is 0. The van der Waals surface area contributed by atoms with Crippen molar-refractivity contribution in [2.24, 2.45) is 5.73 Å². The van der Waals surface area contributed by atoms with Crippen molar-refractivity contribution in [3.05, 3.63) is 0 Å². The van der Waals surface area contributed by atoms with Crippen LogP contribution in [0.3, 0.4) is 0 Å². The molecule has 16 heavy (non-hydrogen) atoms. The van der Waals surface area contributed by atoms with E-state index in [-0.39, 0.29) is 5.91 Å². The molecule has 0 spiro atoms. The van der Waals surface area contributed by atoms with Crippen LogP contribution in [0, 0.1) is 0 Å². The van der Waals surface area contributed by atoms with Crippen molar-refractivity contribution >= 4 is 5.91 Å². The van der Waals surface area contributed by atoms with Crippen molar-refractivity contribution in [1.82, 2.24) is 5.32 Å². The highest BCUT2D eigenvalue weighted by Gasteiger charge is 2.24. The summed E-state index contributed by atoms with van der Waals surface area (Å²) in [5.74, 6) is -0.0800. The van der Waals surface area contributed by atoms with Gasteiger partial charge in [-0.15, -0.1) is 0 Å². The predicted molar refractivity (Wildman–Crippen MR) is 66.2 cm³/mol. The number of carbonyl (C=O) groups is 1. The minimum absolute atomic E-state index is 0.0800. The van der Waals surface area contributed by atoms with Gasteiger partial charge in [-0.3, -0.25) is 4.79 Å². The Kier molecular flexibility index (Phi) is 8.21. The number of carbonyl (C=O) groups excluding carboxylic acids is 1. The maximum absolute atomic E-state index is 11.6. The van der Waals surface area contributed by atoms with Crippen molar-refractivity contribution in [2.45, 2.75) is 52.0 Å². The van der Waals surface area contributed by atoms with Crippen LogP contribution in [-0.4, -0.2) is 31.2 Å². The number of nitrogens with two attached hydrogens (primary N) is 1. The van der Waals surface area contributed by atoms with Gasteiger partial charge in [-0.25, -0.2) is 0 Å². The van der Waals surface area contributed by atoms with E-state index < -0.39 is 5.54 Å². The Labute approximate surface area is 98.9 Å². The molecule has 0 bridgehead atoms. The number of amides is 1. The second kappa shape index (κ2) is 8.53. The van der Waals surface area contributed by atoms with Gasteiger partial charge in [0.1, 0.15) is 0 Å². The molecule has 4 heteroatoms. The molecule has 0 heterocycles.